The van der Waals surface area contributed by atoms with E-state index in [9.17, 15) is 0 Å². The highest BCUT2D eigenvalue weighted by Crippen LogP contribution is 2.25. The molecule has 4 aromatic rings. The second kappa shape index (κ2) is 9.53. The lowest BCUT2D eigenvalue weighted by atomic mass is 9.93. The number of imidazole rings is 1. The minimum absolute atomic E-state index is 0.674. The van der Waals surface area contributed by atoms with Gasteiger partial charge >= 0.3 is 0 Å². The number of piperidine rings is 1. The summed E-state index contributed by atoms with van der Waals surface area (Å²) in [6.45, 7) is 4.96. The summed E-state index contributed by atoms with van der Waals surface area (Å²) in [5.74, 6) is 2.57. The summed E-state index contributed by atoms with van der Waals surface area (Å²) in [5, 5.41) is 5.43. The lowest BCUT2D eigenvalue weighted by Gasteiger charge is -2.31. The molecule has 0 atom stereocenters. The van der Waals surface area contributed by atoms with E-state index in [1.807, 2.05) is 11.6 Å². The number of nitrogens with zero attached hydrogens (tertiary/aromatic N) is 6. The summed E-state index contributed by atoms with van der Waals surface area (Å²) in [4.78, 5) is 20.5. The van der Waals surface area contributed by atoms with Gasteiger partial charge in [-0.15, -0.1) is 11.3 Å². The first kappa shape index (κ1) is 20.1. The third-order valence-electron chi connectivity index (χ3n) is 5.99. The van der Waals surface area contributed by atoms with Crippen LogP contribution in [0.25, 0.3) is 11.0 Å². The first-order chi connectivity index (χ1) is 15.3. The zero-order valence-corrected chi connectivity index (χ0v) is 18.3. The Balaban J connectivity index is 1.18. The van der Waals surface area contributed by atoms with Crippen LogP contribution in [0.2, 0.25) is 0 Å². The standard InChI is InChI=1S/C23H27N7S/c1-2-5-21-20(4-1)28-22(30(21)15-19-16-31-17-27-19)14-18-6-11-29(12-7-18)13-10-26-23-24-8-3-9-25-23/h1-5,8-9,16-18H,6-7,10-15H2,(H,24,25,26). The average Bonchev–Trinajstić information content (AvgIpc) is 3.44. The Morgan fingerprint density at radius 1 is 1.03 bits per heavy atom. The molecule has 0 radical (unpaired) electrons. The van der Waals surface area contributed by atoms with Crippen molar-refractivity contribution in [1.82, 2.24) is 29.4 Å². The summed E-state index contributed by atoms with van der Waals surface area (Å²) < 4.78 is 2.36. The minimum atomic E-state index is 0.674. The van der Waals surface area contributed by atoms with Gasteiger partial charge in [0.05, 0.1) is 28.8 Å². The topological polar surface area (TPSA) is 71.8 Å². The molecule has 3 aromatic heterocycles. The Bertz CT molecular complexity index is 1090. The zero-order chi connectivity index (χ0) is 20.9. The number of likely N-dealkylation sites (tertiary alicyclic amines) is 1. The van der Waals surface area contributed by atoms with Gasteiger partial charge in [0.25, 0.3) is 0 Å². The van der Waals surface area contributed by atoms with Crippen molar-refractivity contribution >= 4 is 28.3 Å². The van der Waals surface area contributed by atoms with Gasteiger partial charge in [0.2, 0.25) is 5.95 Å². The fraction of sp³-hybridized carbons (Fsp3) is 0.391. The summed E-state index contributed by atoms with van der Waals surface area (Å²) in [6.07, 6.45) is 6.98. The molecular weight excluding hydrogens is 406 g/mol. The van der Waals surface area contributed by atoms with Gasteiger partial charge < -0.3 is 14.8 Å². The molecule has 0 bridgehead atoms. The molecule has 1 aromatic carbocycles. The van der Waals surface area contributed by atoms with Crippen LogP contribution in [0.4, 0.5) is 5.95 Å². The SMILES string of the molecule is c1cnc(NCCN2CCC(Cc3nc4ccccc4n3Cc3cscn3)CC2)nc1. The van der Waals surface area contributed by atoms with Crippen LogP contribution in [0.1, 0.15) is 24.4 Å². The molecule has 31 heavy (non-hydrogen) atoms. The lowest BCUT2D eigenvalue weighted by molar-refractivity contribution is 0.188. The molecule has 1 aliphatic heterocycles. The average molecular weight is 434 g/mol. The molecule has 5 rings (SSSR count). The monoisotopic (exact) mass is 433 g/mol. The van der Waals surface area contributed by atoms with Gasteiger partial charge in [-0.1, -0.05) is 12.1 Å². The van der Waals surface area contributed by atoms with Crippen LogP contribution in [0.5, 0.6) is 0 Å². The lowest BCUT2D eigenvalue weighted by Crippen LogP contribution is -2.37. The second-order valence-electron chi connectivity index (χ2n) is 8.07. The number of benzene rings is 1. The van der Waals surface area contributed by atoms with Crippen molar-refractivity contribution in [1.29, 1.82) is 0 Å². The predicted octanol–water partition coefficient (Wildman–Crippen LogP) is 3.70. The molecule has 1 N–H and O–H groups in total. The third-order valence-corrected chi connectivity index (χ3v) is 6.63. The summed E-state index contributed by atoms with van der Waals surface area (Å²) in [6, 6.07) is 10.3. The molecule has 0 spiro atoms. The van der Waals surface area contributed by atoms with Crippen LogP contribution in [0, 0.1) is 5.92 Å². The number of para-hydroxylation sites is 2. The molecule has 1 saturated heterocycles. The zero-order valence-electron chi connectivity index (χ0n) is 17.5. The predicted molar refractivity (Wildman–Crippen MR) is 124 cm³/mol. The fourth-order valence-corrected chi connectivity index (χ4v) is 4.87. The van der Waals surface area contributed by atoms with E-state index >= 15 is 0 Å². The number of anilines is 1. The molecule has 8 heteroatoms. The minimum Gasteiger partial charge on any atom is -0.353 e. The van der Waals surface area contributed by atoms with Crippen LogP contribution in [0.15, 0.2) is 53.6 Å². The summed E-state index contributed by atoms with van der Waals surface area (Å²) in [5.41, 5.74) is 5.30. The largest absolute Gasteiger partial charge is 0.353 e. The second-order valence-corrected chi connectivity index (χ2v) is 8.79. The Kier molecular flexibility index (Phi) is 6.18. The van der Waals surface area contributed by atoms with Gasteiger partial charge in [0.1, 0.15) is 5.82 Å². The van der Waals surface area contributed by atoms with Gasteiger partial charge in [-0.2, -0.15) is 0 Å². The van der Waals surface area contributed by atoms with Crippen molar-refractivity contribution in [3.05, 3.63) is 65.1 Å². The van der Waals surface area contributed by atoms with Gasteiger partial charge in [-0.25, -0.2) is 19.9 Å². The van der Waals surface area contributed by atoms with Gasteiger partial charge in [0, 0.05) is 37.3 Å². The van der Waals surface area contributed by atoms with Gasteiger partial charge in [-0.3, -0.25) is 0 Å². The Morgan fingerprint density at radius 2 is 1.87 bits per heavy atom. The molecule has 0 amide bonds. The van der Waals surface area contributed by atoms with E-state index in [1.165, 1.54) is 24.2 Å². The molecule has 7 nitrogen and oxygen atoms in total. The first-order valence-electron chi connectivity index (χ1n) is 10.9. The van der Waals surface area contributed by atoms with E-state index in [1.54, 1.807) is 23.7 Å². The highest BCUT2D eigenvalue weighted by atomic mass is 32.1. The molecule has 0 aliphatic carbocycles. The first-order valence-corrected chi connectivity index (χ1v) is 11.8. The van der Waals surface area contributed by atoms with E-state index in [0.717, 1.165) is 50.4 Å². The molecular formula is C23H27N7S. The van der Waals surface area contributed by atoms with Crippen LogP contribution < -0.4 is 5.32 Å². The van der Waals surface area contributed by atoms with Gasteiger partial charge in [-0.05, 0) is 50.0 Å². The van der Waals surface area contributed by atoms with Crippen LogP contribution in [-0.2, 0) is 13.0 Å². The number of aromatic nitrogens is 5. The highest BCUT2D eigenvalue weighted by Gasteiger charge is 2.22. The van der Waals surface area contributed by atoms with Crippen molar-refractivity contribution < 1.29 is 0 Å². The van der Waals surface area contributed by atoms with Crippen molar-refractivity contribution in [3.63, 3.8) is 0 Å². The molecule has 1 fully saturated rings. The molecule has 160 valence electrons. The van der Waals surface area contributed by atoms with Crippen LogP contribution >= 0.6 is 11.3 Å². The van der Waals surface area contributed by atoms with E-state index in [0.29, 0.717) is 11.9 Å². The van der Waals surface area contributed by atoms with Crippen molar-refractivity contribution in [3.8, 4) is 0 Å². The van der Waals surface area contributed by atoms with Crippen LogP contribution in [-0.4, -0.2) is 55.6 Å². The molecule has 4 heterocycles. The normalized spacial score (nSPS) is 15.5. The van der Waals surface area contributed by atoms with Gasteiger partial charge in [0.15, 0.2) is 0 Å². The number of hydrogen-bond donors (Lipinski definition) is 1. The number of hydrogen-bond acceptors (Lipinski definition) is 7. The van der Waals surface area contributed by atoms with E-state index < -0.39 is 0 Å². The number of fused-ring (bicyclic) bond motifs is 1. The molecule has 0 saturated carbocycles. The fourth-order valence-electron chi connectivity index (χ4n) is 4.32. The Morgan fingerprint density at radius 3 is 2.68 bits per heavy atom. The maximum atomic E-state index is 4.99. The molecule has 1 aliphatic rings. The number of nitrogens with one attached hydrogen (secondary N) is 1. The Labute approximate surface area is 186 Å². The quantitative estimate of drug-likeness (QED) is 0.457. The van der Waals surface area contributed by atoms with E-state index in [4.69, 9.17) is 4.98 Å². The van der Waals surface area contributed by atoms with Crippen molar-refractivity contribution in [2.75, 3.05) is 31.5 Å². The maximum absolute atomic E-state index is 4.99. The summed E-state index contributed by atoms with van der Waals surface area (Å²) >= 11 is 1.65. The molecule has 0 unspecified atom stereocenters. The van der Waals surface area contributed by atoms with E-state index in [2.05, 4.69) is 59.4 Å². The smallest absolute Gasteiger partial charge is 0.222 e. The van der Waals surface area contributed by atoms with E-state index in [-0.39, 0.29) is 0 Å². The van der Waals surface area contributed by atoms with Crippen molar-refractivity contribution in [2.45, 2.75) is 25.8 Å². The highest BCUT2D eigenvalue weighted by molar-refractivity contribution is 7.07. The van der Waals surface area contributed by atoms with Crippen LogP contribution in [0.3, 0.4) is 0 Å². The van der Waals surface area contributed by atoms with Crippen molar-refractivity contribution in [2.24, 2.45) is 5.92 Å². The number of rotatable bonds is 8. The number of thiazole rings is 1. The third kappa shape index (κ3) is 4.91. The summed E-state index contributed by atoms with van der Waals surface area (Å²) in [7, 11) is 0. The maximum Gasteiger partial charge on any atom is 0.222 e. The Hall–Kier alpha value is -2.84.